The van der Waals surface area contributed by atoms with Gasteiger partial charge >= 0.3 is 0 Å². The molecule has 6 heteroatoms. The highest BCUT2D eigenvalue weighted by Crippen LogP contribution is 2.13. The van der Waals surface area contributed by atoms with Gasteiger partial charge in [-0.05, 0) is 13.3 Å². The fraction of sp³-hybridized carbons (Fsp3) is 0.714. The number of hydrogen-bond acceptors (Lipinski definition) is 5. The number of oxime groups is 1. The highest BCUT2D eigenvalue weighted by atomic mass is 16.5. The van der Waals surface area contributed by atoms with Gasteiger partial charge in [0.15, 0.2) is 5.79 Å². The van der Waals surface area contributed by atoms with Gasteiger partial charge in [0, 0.05) is 6.42 Å². The molecule has 0 aliphatic heterocycles. The summed E-state index contributed by atoms with van der Waals surface area (Å²) >= 11 is 0. The lowest BCUT2D eigenvalue weighted by Gasteiger charge is -2.19. The Labute approximate surface area is 75.7 Å². The Morgan fingerprint density at radius 2 is 2.08 bits per heavy atom. The highest BCUT2D eigenvalue weighted by molar-refractivity contribution is 5.81. The Bertz CT molecular complexity index is 213. The highest BCUT2D eigenvalue weighted by Gasteiger charge is 2.25. The Kier molecular flexibility index (Phi) is 4.36. The molecule has 0 aromatic rings. The van der Waals surface area contributed by atoms with E-state index in [4.69, 9.17) is 21.2 Å². The Balaban J connectivity index is 3.95. The number of aliphatic hydroxyl groups is 2. The third-order valence-electron chi connectivity index (χ3n) is 1.52. The quantitative estimate of drug-likeness (QED) is 0.196. The molecule has 0 heterocycles. The van der Waals surface area contributed by atoms with E-state index in [1.54, 1.807) is 0 Å². The zero-order valence-corrected chi connectivity index (χ0v) is 7.40. The minimum atomic E-state index is -2.11. The topological polar surface area (TPSA) is 116 Å². The first kappa shape index (κ1) is 11.9. The largest absolute Gasteiger partial charge is 0.411 e. The number of carbonyl (C=O) groups is 1. The van der Waals surface area contributed by atoms with Crippen molar-refractivity contribution in [3.63, 3.8) is 0 Å². The number of nitrogens with zero attached hydrogens (tertiary/aromatic N) is 1. The van der Waals surface area contributed by atoms with Crippen LogP contribution in [0.4, 0.5) is 0 Å². The molecular formula is C7H14N2O4. The van der Waals surface area contributed by atoms with Crippen molar-refractivity contribution >= 4 is 11.6 Å². The molecule has 0 aliphatic carbocycles. The lowest BCUT2D eigenvalue weighted by molar-refractivity contribution is -0.173. The summed E-state index contributed by atoms with van der Waals surface area (Å²) in [5.74, 6) is -2.90. The maximum absolute atomic E-state index is 10.4. The SMILES string of the molecule is C/C(CCC(O)(O)CC(N)=O)=N/O. The van der Waals surface area contributed by atoms with E-state index in [0.717, 1.165) is 0 Å². The zero-order chi connectivity index (χ0) is 10.5. The molecule has 0 atom stereocenters. The number of hydrogen-bond donors (Lipinski definition) is 4. The Hall–Kier alpha value is -1.14. The van der Waals surface area contributed by atoms with E-state index in [-0.39, 0.29) is 12.8 Å². The van der Waals surface area contributed by atoms with Crippen LogP contribution in [0.15, 0.2) is 5.16 Å². The van der Waals surface area contributed by atoms with E-state index >= 15 is 0 Å². The number of primary amides is 1. The molecule has 0 aliphatic rings. The fourth-order valence-electron chi connectivity index (χ4n) is 0.799. The van der Waals surface area contributed by atoms with Crippen molar-refractivity contribution in [1.82, 2.24) is 0 Å². The van der Waals surface area contributed by atoms with E-state index in [2.05, 4.69) is 5.16 Å². The second kappa shape index (κ2) is 4.78. The molecule has 13 heavy (non-hydrogen) atoms. The van der Waals surface area contributed by atoms with Gasteiger partial charge < -0.3 is 21.2 Å². The molecule has 0 radical (unpaired) electrons. The molecule has 6 nitrogen and oxygen atoms in total. The first-order valence-electron chi connectivity index (χ1n) is 3.78. The third-order valence-corrected chi connectivity index (χ3v) is 1.52. The molecular weight excluding hydrogens is 176 g/mol. The molecule has 0 aromatic heterocycles. The molecule has 0 bridgehead atoms. The first-order chi connectivity index (χ1) is 5.87. The Morgan fingerprint density at radius 1 is 1.54 bits per heavy atom. The molecule has 0 rings (SSSR count). The van der Waals surface area contributed by atoms with Crippen molar-refractivity contribution in [3.05, 3.63) is 0 Å². The lowest BCUT2D eigenvalue weighted by Crippen LogP contribution is -2.34. The van der Waals surface area contributed by atoms with Crippen LogP contribution in [0, 0.1) is 0 Å². The molecule has 0 saturated carbocycles. The maximum Gasteiger partial charge on any atom is 0.222 e. The van der Waals surface area contributed by atoms with Gasteiger partial charge in [-0.25, -0.2) is 0 Å². The van der Waals surface area contributed by atoms with Gasteiger partial charge in [-0.3, -0.25) is 4.79 Å². The molecule has 0 fully saturated rings. The number of amides is 1. The van der Waals surface area contributed by atoms with Crippen LogP contribution in [0.1, 0.15) is 26.2 Å². The monoisotopic (exact) mass is 190 g/mol. The Morgan fingerprint density at radius 3 is 2.46 bits per heavy atom. The van der Waals surface area contributed by atoms with Crippen molar-refractivity contribution in [1.29, 1.82) is 0 Å². The number of nitrogens with two attached hydrogens (primary N) is 1. The standard InChI is InChI=1S/C7H14N2O4/c1-5(9-13)2-3-7(11,12)4-6(8)10/h11-13H,2-4H2,1H3,(H2,8,10)/b9-5-. The first-order valence-corrected chi connectivity index (χ1v) is 3.78. The second-order valence-corrected chi connectivity index (χ2v) is 2.96. The van der Waals surface area contributed by atoms with Crippen LogP contribution in [0.2, 0.25) is 0 Å². The summed E-state index contributed by atoms with van der Waals surface area (Å²) in [5.41, 5.74) is 5.14. The normalized spacial score (nSPS) is 13.0. The summed E-state index contributed by atoms with van der Waals surface area (Å²) in [7, 11) is 0. The third kappa shape index (κ3) is 6.06. The van der Waals surface area contributed by atoms with Crippen LogP contribution >= 0.6 is 0 Å². The van der Waals surface area contributed by atoms with Crippen LogP contribution < -0.4 is 5.73 Å². The maximum atomic E-state index is 10.4. The van der Waals surface area contributed by atoms with E-state index in [0.29, 0.717) is 5.71 Å². The summed E-state index contributed by atoms with van der Waals surface area (Å²) < 4.78 is 0. The van der Waals surface area contributed by atoms with Crippen LogP contribution in [0.25, 0.3) is 0 Å². The molecule has 0 saturated heterocycles. The summed E-state index contributed by atoms with van der Waals surface area (Å²) in [6.45, 7) is 1.53. The van der Waals surface area contributed by atoms with E-state index in [1.807, 2.05) is 0 Å². The van der Waals surface area contributed by atoms with Crippen LogP contribution in [-0.2, 0) is 4.79 Å². The molecule has 5 N–H and O–H groups in total. The lowest BCUT2D eigenvalue weighted by atomic mass is 10.1. The van der Waals surface area contributed by atoms with Crippen molar-refractivity contribution in [2.75, 3.05) is 0 Å². The van der Waals surface area contributed by atoms with Gasteiger partial charge in [-0.15, -0.1) is 0 Å². The molecule has 0 unspecified atom stereocenters. The summed E-state index contributed by atoms with van der Waals surface area (Å²) in [5, 5.41) is 29.4. The average Bonchev–Trinajstić information content (AvgIpc) is 1.98. The van der Waals surface area contributed by atoms with Gasteiger partial charge in [-0.1, -0.05) is 5.16 Å². The van der Waals surface area contributed by atoms with Crippen LogP contribution in [-0.4, -0.2) is 32.8 Å². The number of rotatable bonds is 5. The van der Waals surface area contributed by atoms with Crippen molar-refractivity contribution in [2.45, 2.75) is 32.0 Å². The summed E-state index contributed by atoms with van der Waals surface area (Å²) in [6, 6.07) is 0. The second-order valence-electron chi connectivity index (χ2n) is 2.96. The molecule has 1 amide bonds. The minimum Gasteiger partial charge on any atom is -0.411 e. The summed E-state index contributed by atoms with van der Waals surface area (Å²) in [4.78, 5) is 10.4. The van der Waals surface area contributed by atoms with Gasteiger partial charge in [0.05, 0.1) is 12.1 Å². The predicted molar refractivity (Wildman–Crippen MR) is 45.1 cm³/mol. The zero-order valence-electron chi connectivity index (χ0n) is 7.40. The van der Waals surface area contributed by atoms with E-state index < -0.39 is 18.1 Å². The molecule has 76 valence electrons. The van der Waals surface area contributed by atoms with Gasteiger partial charge in [0.1, 0.15) is 0 Å². The molecule has 0 spiro atoms. The fourth-order valence-corrected chi connectivity index (χ4v) is 0.799. The van der Waals surface area contributed by atoms with Crippen LogP contribution in [0.3, 0.4) is 0 Å². The predicted octanol–water partition coefficient (Wildman–Crippen LogP) is -0.827. The molecule has 0 aromatic carbocycles. The smallest absolute Gasteiger partial charge is 0.222 e. The minimum absolute atomic E-state index is 0.0914. The van der Waals surface area contributed by atoms with Crippen molar-refractivity contribution < 1.29 is 20.2 Å². The van der Waals surface area contributed by atoms with Gasteiger partial charge in [0.2, 0.25) is 5.91 Å². The van der Waals surface area contributed by atoms with Crippen LogP contribution in [0.5, 0.6) is 0 Å². The van der Waals surface area contributed by atoms with Gasteiger partial charge in [0.25, 0.3) is 0 Å². The summed E-state index contributed by atoms with van der Waals surface area (Å²) in [6.07, 6.45) is -0.422. The van der Waals surface area contributed by atoms with E-state index in [9.17, 15) is 4.79 Å². The average molecular weight is 190 g/mol. The van der Waals surface area contributed by atoms with Gasteiger partial charge in [-0.2, -0.15) is 0 Å². The van der Waals surface area contributed by atoms with Crippen molar-refractivity contribution in [3.8, 4) is 0 Å². The van der Waals surface area contributed by atoms with Crippen molar-refractivity contribution in [2.24, 2.45) is 10.9 Å². The van der Waals surface area contributed by atoms with E-state index in [1.165, 1.54) is 6.92 Å². The number of carbonyl (C=O) groups excluding carboxylic acids is 1.